The molecule has 0 amide bonds. The summed E-state index contributed by atoms with van der Waals surface area (Å²) in [4.78, 5) is 2.37. The Bertz CT molecular complexity index is 307. The molecule has 0 bridgehead atoms. The summed E-state index contributed by atoms with van der Waals surface area (Å²) in [5.41, 5.74) is 1.36. The van der Waals surface area contributed by atoms with Gasteiger partial charge in [-0.3, -0.25) is 0 Å². The average Bonchev–Trinajstić information content (AvgIpc) is 2.39. The van der Waals surface area contributed by atoms with E-state index < -0.39 is 0 Å². The molecule has 0 spiro atoms. The molecule has 0 saturated heterocycles. The van der Waals surface area contributed by atoms with Gasteiger partial charge in [0.15, 0.2) is 0 Å². The first-order valence-corrected chi connectivity index (χ1v) is 7.16. The van der Waals surface area contributed by atoms with Gasteiger partial charge in [0, 0.05) is 6.54 Å². The SMILES string of the molecule is CCCCOc1ccc(CN(C)CCCC)cc1. The van der Waals surface area contributed by atoms with Gasteiger partial charge in [0.1, 0.15) is 5.75 Å². The number of nitrogens with zero attached hydrogens (tertiary/aromatic N) is 1. The normalized spacial score (nSPS) is 10.9. The van der Waals surface area contributed by atoms with E-state index >= 15 is 0 Å². The molecular formula is C16H27NO. The molecule has 0 aliphatic heterocycles. The molecule has 0 aliphatic carbocycles. The van der Waals surface area contributed by atoms with E-state index in [2.05, 4.69) is 50.1 Å². The second-order valence-corrected chi connectivity index (χ2v) is 4.94. The van der Waals surface area contributed by atoms with E-state index in [9.17, 15) is 0 Å². The van der Waals surface area contributed by atoms with Crippen molar-refractivity contribution in [1.82, 2.24) is 4.90 Å². The Morgan fingerprint density at radius 2 is 1.67 bits per heavy atom. The summed E-state index contributed by atoms with van der Waals surface area (Å²) in [5, 5.41) is 0. The molecule has 0 aromatic heterocycles. The highest BCUT2D eigenvalue weighted by molar-refractivity contribution is 5.27. The van der Waals surface area contributed by atoms with Crippen molar-refractivity contribution in [2.45, 2.75) is 46.1 Å². The second-order valence-electron chi connectivity index (χ2n) is 4.94. The topological polar surface area (TPSA) is 12.5 Å². The zero-order valence-corrected chi connectivity index (χ0v) is 12.1. The van der Waals surface area contributed by atoms with Crippen molar-refractivity contribution >= 4 is 0 Å². The maximum atomic E-state index is 5.66. The van der Waals surface area contributed by atoms with Gasteiger partial charge in [-0.05, 0) is 44.1 Å². The molecular weight excluding hydrogens is 222 g/mol. The molecule has 1 rings (SSSR count). The molecule has 0 heterocycles. The molecule has 0 N–H and O–H groups in total. The molecule has 18 heavy (non-hydrogen) atoms. The maximum Gasteiger partial charge on any atom is 0.119 e. The van der Waals surface area contributed by atoms with Gasteiger partial charge >= 0.3 is 0 Å². The van der Waals surface area contributed by atoms with Crippen molar-refractivity contribution < 1.29 is 4.74 Å². The second kappa shape index (κ2) is 8.98. The fraction of sp³-hybridized carbons (Fsp3) is 0.625. The smallest absolute Gasteiger partial charge is 0.119 e. The van der Waals surface area contributed by atoms with Crippen LogP contribution >= 0.6 is 0 Å². The number of ether oxygens (including phenoxy) is 1. The van der Waals surface area contributed by atoms with E-state index in [4.69, 9.17) is 4.74 Å². The van der Waals surface area contributed by atoms with Crippen LogP contribution in [0.2, 0.25) is 0 Å². The van der Waals surface area contributed by atoms with Gasteiger partial charge in [-0.2, -0.15) is 0 Å². The quantitative estimate of drug-likeness (QED) is 0.611. The molecule has 2 heteroatoms. The van der Waals surface area contributed by atoms with Gasteiger partial charge in [0.2, 0.25) is 0 Å². The Kier molecular flexibility index (Phi) is 7.51. The van der Waals surface area contributed by atoms with Crippen LogP contribution in [0.4, 0.5) is 0 Å². The molecule has 0 atom stereocenters. The largest absolute Gasteiger partial charge is 0.494 e. The molecule has 102 valence electrons. The van der Waals surface area contributed by atoms with E-state index in [0.29, 0.717) is 0 Å². The first-order chi connectivity index (χ1) is 8.76. The summed E-state index contributed by atoms with van der Waals surface area (Å²) in [7, 11) is 2.18. The predicted octanol–water partition coefficient (Wildman–Crippen LogP) is 4.10. The Morgan fingerprint density at radius 3 is 2.28 bits per heavy atom. The van der Waals surface area contributed by atoms with Crippen molar-refractivity contribution in [3.63, 3.8) is 0 Å². The minimum Gasteiger partial charge on any atom is -0.494 e. The van der Waals surface area contributed by atoms with Crippen LogP contribution in [0.15, 0.2) is 24.3 Å². The standard InChI is InChI=1S/C16H27NO/c1-4-6-12-17(3)14-15-8-10-16(11-9-15)18-13-7-5-2/h8-11H,4-7,12-14H2,1-3H3. The number of hydrogen-bond acceptors (Lipinski definition) is 2. The van der Waals surface area contributed by atoms with Gasteiger partial charge in [-0.1, -0.05) is 38.8 Å². The summed E-state index contributed by atoms with van der Waals surface area (Å²) >= 11 is 0. The lowest BCUT2D eigenvalue weighted by atomic mass is 10.2. The monoisotopic (exact) mass is 249 g/mol. The zero-order chi connectivity index (χ0) is 13.2. The summed E-state index contributed by atoms with van der Waals surface area (Å²) in [5.74, 6) is 0.989. The fourth-order valence-corrected chi connectivity index (χ4v) is 1.84. The average molecular weight is 249 g/mol. The van der Waals surface area contributed by atoms with Crippen LogP contribution in [0.5, 0.6) is 5.75 Å². The summed E-state index contributed by atoms with van der Waals surface area (Å²) < 4.78 is 5.66. The van der Waals surface area contributed by atoms with Gasteiger partial charge in [0.25, 0.3) is 0 Å². The lowest BCUT2D eigenvalue weighted by molar-refractivity contribution is 0.307. The van der Waals surface area contributed by atoms with Gasteiger partial charge in [-0.25, -0.2) is 0 Å². The van der Waals surface area contributed by atoms with Crippen molar-refractivity contribution in [3.8, 4) is 5.75 Å². The number of rotatable bonds is 9. The Balaban J connectivity index is 2.35. The van der Waals surface area contributed by atoms with Gasteiger partial charge in [-0.15, -0.1) is 0 Å². The van der Waals surface area contributed by atoms with Crippen molar-refractivity contribution in [3.05, 3.63) is 29.8 Å². The van der Waals surface area contributed by atoms with E-state index in [1.165, 1.54) is 31.4 Å². The van der Waals surface area contributed by atoms with E-state index in [-0.39, 0.29) is 0 Å². The minimum absolute atomic E-state index is 0.826. The Hall–Kier alpha value is -1.02. The summed E-state index contributed by atoms with van der Waals surface area (Å²) in [6, 6.07) is 8.50. The molecule has 1 aromatic rings. The molecule has 0 radical (unpaired) electrons. The van der Waals surface area contributed by atoms with Crippen LogP contribution in [0.25, 0.3) is 0 Å². The van der Waals surface area contributed by atoms with Crippen molar-refractivity contribution in [1.29, 1.82) is 0 Å². The fourth-order valence-electron chi connectivity index (χ4n) is 1.84. The highest BCUT2D eigenvalue weighted by atomic mass is 16.5. The highest BCUT2D eigenvalue weighted by Gasteiger charge is 2.00. The third kappa shape index (κ3) is 6.06. The molecule has 0 aliphatic rings. The van der Waals surface area contributed by atoms with Crippen LogP contribution in [-0.4, -0.2) is 25.1 Å². The molecule has 2 nitrogen and oxygen atoms in total. The highest BCUT2D eigenvalue weighted by Crippen LogP contribution is 2.14. The third-order valence-corrected chi connectivity index (χ3v) is 3.04. The first kappa shape index (κ1) is 15.0. The Labute approximate surface area is 112 Å². The lowest BCUT2D eigenvalue weighted by Gasteiger charge is -2.16. The number of hydrogen-bond donors (Lipinski definition) is 0. The van der Waals surface area contributed by atoms with Crippen LogP contribution in [0.1, 0.15) is 45.1 Å². The number of benzene rings is 1. The maximum absolute atomic E-state index is 5.66. The first-order valence-electron chi connectivity index (χ1n) is 7.16. The molecule has 0 unspecified atom stereocenters. The molecule has 0 fully saturated rings. The van der Waals surface area contributed by atoms with E-state index in [1.54, 1.807) is 0 Å². The van der Waals surface area contributed by atoms with Crippen LogP contribution < -0.4 is 4.74 Å². The molecule has 1 aromatic carbocycles. The summed E-state index contributed by atoms with van der Waals surface area (Å²) in [6.45, 7) is 7.43. The van der Waals surface area contributed by atoms with Crippen LogP contribution in [0.3, 0.4) is 0 Å². The molecule has 0 saturated carbocycles. The summed E-state index contributed by atoms with van der Waals surface area (Å²) in [6.07, 6.45) is 4.84. The van der Waals surface area contributed by atoms with Gasteiger partial charge in [0.05, 0.1) is 6.61 Å². The zero-order valence-electron chi connectivity index (χ0n) is 12.1. The number of unbranched alkanes of at least 4 members (excludes halogenated alkanes) is 2. The van der Waals surface area contributed by atoms with E-state index in [1.807, 2.05) is 0 Å². The van der Waals surface area contributed by atoms with Crippen molar-refractivity contribution in [2.75, 3.05) is 20.2 Å². The predicted molar refractivity (Wildman–Crippen MR) is 78.1 cm³/mol. The lowest BCUT2D eigenvalue weighted by Crippen LogP contribution is -2.18. The van der Waals surface area contributed by atoms with Gasteiger partial charge < -0.3 is 9.64 Å². The van der Waals surface area contributed by atoms with E-state index in [0.717, 1.165) is 25.3 Å². The van der Waals surface area contributed by atoms with Crippen molar-refractivity contribution in [2.24, 2.45) is 0 Å². The third-order valence-electron chi connectivity index (χ3n) is 3.04. The Morgan fingerprint density at radius 1 is 1.00 bits per heavy atom. The van der Waals surface area contributed by atoms with Crippen LogP contribution in [0, 0.1) is 0 Å². The van der Waals surface area contributed by atoms with Crippen LogP contribution in [-0.2, 0) is 6.54 Å². The minimum atomic E-state index is 0.826.